The highest BCUT2D eigenvalue weighted by molar-refractivity contribution is 5.98. The number of rotatable bonds is 3. The number of nitrogens with zero attached hydrogens (tertiary/aromatic N) is 1. The Balaban J connectivity index is 0.000000482. The van der Waals surface area contributed by atoms with Crippen molar-refractivity contribution in [2.75, 3.05) is 0 Å². The van der Waals surface area contributed by atoms with Crippen molar-refractivity contribution in [3.05, 3.63) is 233 Å². The predicted molar refractivity (Wildman–Crippen MR) is 224 cm³/mol. The minimum Gasteiger partial charge on any atom is -0.376 e. The van der Waals surface area contributed by atoms with E-state index in [4.69, 9.17) is 0 Å². The monoisotopic (exact) mass is 707 g/mol. The maximum atomic E-state index is 13.4. The molecule has 8 aromatic carbocycles. The first kappa shape index (κ1) is 33.0. The van der Waals surface area contributed by atoms with Crippen LogP contribution in [-0.4, -0.2) is 15.2 Å². The highest BCUT2D eigenvalue weighted by atomic mass is 16.3. The van der Waals surface area contributed by atoms with Gasteiger partial charge in [0, 0.05) is 45.8 Å². The second kappa shape index (κ2) is 12.7. The highest BCUT2D eigenvalue weighted by Crippen LogP contribution is 2.57. The molecule has 9 aromatic rings. The second-order valence-electron chi connectivity index (χ2n) is 14.6. The van der Waals surface area contributed by atoms with Crippen LogP contribution in [0.1, 0.15) is 38.9 Å². The van der Waals surface area contributed by atoms with Crippen LogP contribution >= 0.6 is 0 Å². The Morgan fingerprint density at radius 2 is 0.673 bits per heavy atom. The lowest BCUT2D eigenvalue weighted by molar-refractivity contribution is 0.129. The van der Waals surface area contributed by atoms with Crippen molar-refractivity contribution in [3.8, 4) is 33.4 Å². The Morgan fingerprint density at radius 3 is 0.982 bits per heavy atom. The first-order valence-corrected chi connectivity index (χ1v) is 18.7. The van der Waals surface area contributed by atoms with Gasteiger partial charge in [-0.05, 0) is 97.7 Å². The lowest BCUT2D eigenvalue weighted by atomic mass is 9.75. The molecule has 3 heteroatoms. The van der Waals surface area contributed by atoms with Crippen LogP contribution in [0.3, 0.4) is 0 Å². The molecule has 0 saturated carbocycles. The van der Waals surface area contributed by atoms with Gasteiger partial charge in [0.15, 0.2) is 0 Å². The second-order valence-corrected chi connectivity index (χ2v) is 14.6. The first-order valence-electron chi connectivity index (χ1n) is 18.7. The molecule has 0 spiro atoms. The van der Waals surface area contributed by atoms with Crippen molar-refractivity contribution in [2.45, 2.75) is 18.1 Å². The molecule has 0 atom stereocenters. The van der Waals surface area contributed by atoms with E-state index in [1.165, 1.54) is 5.56 Å². The number of aromatic nitrogens is 1. The molecule has 0 bridgehead atoms. The molecule has 55 heavy (non-hydrogen) atoms. The van der Waals surface area contributed by atoms with Crippen molar-refractivity contribution in [1.29, 1.82) is 0 Å². The molecule has 2 aliphatic carbocycles. The number of aliphatic hydroxyl groups is 2. The van der Waals surface area contributed by atoms with E-state index in [9.17, 15) is 10.2 Å². The minimum atomic E-state index is -1.43. The lowest BCUT2D eigenvalue weighted by Crippen LogP contribution is -2.29. The Morgan fingerprint density at radius 1 is 0.345 bits per heavy atom. The molecular formula is C52H37NO2. The van der Waals surface area contributed by atoms with Gasteiger partial charge in [0.1, 0.15) is 11.2 Å². The summed E-state index contributed by atoms with van der Waals surface area (Å²) in [5, 5.41) is 30.9. The maximum Gasteiger partial charge on any atom is 0.142 e. The molecule has 0 fully saturated rings. The third-order valence-corrected chi connectivity index (χ3v) is 11.5. The van der Waals surface area contributed by atoms with Gasteiger partial charge in [-0.15, -0.1) is 0 Å². The molecule has 11 rings (SSSR count). The summed E-state index contributed by atoms with van der Waals surface area (Å²) >= 11 is 0. The van der Waals surface area contributed by atoms with Crippen LogP contribution in [0, 0.1) is 6.92 Å². The summed E-state index contributed by atoms with van der Waals surface area (Å²) < 4.78 is 0. The molecule has 0 radical (unpaired) electrons. The molecule has 0 unspecified atom stereocenters. The quantitative estimate of drug-likeness (QED) is 0.192. The Kier molecular flexibility index (Phi) is 7.64. The van der Waals surface area contributed by atoms with Crippen molar-refractivity contribution in [2.24, 2.45) is 0 Å². The van der Waals surface area contributed by atoms with E-state index in [1.807, 2.05) is 110 Å². The average molecular weight is 708 g/mol. The topological polar surface area (TPSA) is 53.4 Å². The molecule has 262 valence electrons. The molecule has 1 aromatic heterocycles. The van der Waals surface area contributed by atoms with Crippen molar-refractivity contribution < 1.29 is 10.2 Å². The van der Waals surface area contributed by atoms with Gasteiger partial charge in [0.2, 0.25) is 0 Å². The zero-order chi connectivity index (χ0) is 37.1. The van der Waals surface area contributed by atoms with Crippen molar-refractivity contribution in [3.63, 3.8) is 0 Å². The average Bonchev–Trinajstić information content (AvgIpc) is 3.67. The fourth-order valence-corrected chi connectivity index (χ4v) is 8.98. The van der Waals surface area contributed by atoms with Gasteiger partial charge >= 0.3 is 0 Å². The number of hydrogen-bond donors (Lipinski definition) is 2. The number of pyridine rings is 1. The third-order valence-electron chi connectivity index (χ3n) is 11.5. The minimum absolute atomic E-state index is 0.790. The fraction of sp³-hybridized carbons (Fsp3) is 0.0577. The molecule has 3 nitrogen and oxygen atoms in total. The van der Waals surface area contributed by atoms with E-state index < -0.39 is 11.2 Å². The van der Waals surface area contributed by atoms with Crippen LogP contribution in [0.15, 0.2) is 194 Å². The molecule has 0 amide bonds. The molecule has 2 N–H and O–H groups in total. The smallest absolute Gasteiger partial charge is 0.142 e. The van der Waals surface area contributed by atoms with Crippen molar-refractivity contribution in [1.82, 2.24) is 4.98 Å². The zero-order valence-electron chi connectivity index (χ0n) is 30.3. The number of benzene rings is 8. The van der Waals surface area contributed by atoms with E-state index in [0.717, 1.165) is 88.3 Å². The lowest BCUT2D eigenvalue weighted by Gasteiger charge is -2.33. The van der Waals surface area contributed by atoms with Crippen LogP contribution in [0.5, 0.6) is 0 Å². The molecule has 0 saturated heterocycles. The van der Waals surface area contributed by atoms with E-state index >= 15 is 0 Å². The molecule has 1 heterocycles. The van der Waals surface area contributed by atoms with E-state index in [-0.39, 0.29) is 0 Å². The van der Waals surface area contributed by atoms with Gasteiger partial charge in [0.05, 0.1) is 0 Å². The Bertz CT molecular complexity index is 2660. The van der Waals surface area contributed by atoms with Crippen LogP contribution in [0.2, 0.25) is 0 Å². The van der Waals surface area contributed by atoms with Crippen molar-refractivity contribution >= 4 is 21.5 Å². The SMILES string of the molecule is Cc1cccnc1.OC1(c2cc3ccccc3cc2-c2cc3ccccc3cc2C2(O)c3ccccc3-c3ccccc32)c2ccccc2-c2ccccc21. The summed E-state index contributed by atoms with van der Waals surface area (Å²) in [4.78, 5) is 3.88. The van der Waals surface area contributed by atoms with Crippen LogP contribution < -0.4 is 0 Å². The molecule has 0 aliphatic heterocycles. The van der Waals surface area contributed by atoms with Gasteiger partial charge in [-0.3, -0.25) is 4.98 Å². The van der Waals surface area contributed by atoms with E-state index in [0.29, 0.717) is 0 Å². The number of fused-ring (bicyclic) bond motifs is 8. The number of aryl methyl sites for hydroxylation is 1. The standard InChI is InChI=1S/C46H30O2.C6H7N/c47-45(39-21-9-5-17-33(39)34-18-6-10-22-40(34)45)43-27-31-15-3-1-13-29(31)25-37(43)38-26-30-14-2-4-16-32(30)28-44(38)46(48)41-23-11-7-19-35(41)36-20-8-12-24-42(36)46;1-6-3-2-4-7-5-6/h1-28,47-48H;2-5H,1H3. The summed E-state index contributed by atoms with van der Waals surface area (Å²) in [5.41, 5.74) is 9.29. The maximum absolute atomic E-state index is 13.4. The Hall–Kier alpha value is -6.65. The van der Waals surface area contributed by atoms with Gasteiger partial charge in [0.25, 0.3) is 0 Å². The molecule has 2 aliphatic rings. The third kappa shape index (κ3) is 5.01. The van der Waals surface area contributed by atoms with E-state index in [1.54, 1.807) is 6.20 Å². The number of hydrogen-bond acceptors (Lipinski definition) is 3. The first-order chi connectivity index (χ1) is 27.0. The predicted octanol–water partition coefficient (Wildman–Crippen LogP) is 11.6. The van der Waals surface area contributed by atoms with Crippen LogP contribution in [-0.2, 0) is 11.2 Å². The van der Waals surface area contributed by atoms with E-state index in [2.05, 4.69) is 89.9 Å². The van der Waals surface area contributed by atoms with Gasteiger partial charge in [-0.2, -0.15) is 0 Å². The summed E-state index contributed by atoms with van der Waals surface area (Å²) in [7, 11) is 0. The van der Waals surface area contributed by atoms with Gasteiger partial charge in [-0.25, -0.2) is 0 Å². The van der Waals surface area contributed by atoms with Gasteiger partial charge < -0.3 is 10.2 Å². The summed E-state index contributed by atoms with van der Waals surface area (Å²) in [6.45, 7) is 2.02. The Labute approximate surface area is 320 Å². The van der Waals surface area contributed by atoms with Crippen LogP contribution in [0.4, 0.5) is 0 Å². The van der Waals surface area contributed by atoms with Crippen LogP contribution in [0.25, 0.3) is 54.9 Å². The summed E-state index contributed by atoms with van der Waals surface area (Å²) in [6.07, 6.45) is 3.60. The largest absolute Gasteiger partial charge is 0.376 e. The zero-order valence-corrected chi connectivity index (χ0v) is 30.3. The molecular weight excluding hydrogens is 671 g/mol. The highest BCUT2D eigenvalue weighted by Gasteiger charge is 2.47. The summed E-state index contributed by atoms with van der Waals surface area (Å²) in [5.74, 6) is 0. The summed E-state index contributed by atoms with van der Waals surface area (Å²) in [6, 6.07) is 62.1. The normalized spacial score (nSPS) is 14.0. The van der Waals surface area contributed by atoms with Gasteiger partial charge in [-0.1, -0.05) is 152 Å². The fourth-order valence-electron chi connectivity index (χ4n) is 8.98.